The van der Waals surface area contributed by atoms with E-state index in [1.54, 1.807) is 18.2 Å². The molecular formula is C18H14BrClF3N3O3. The fourth-order valence-corrected chi connectivity index (χ4v) is 3.68. The van der Waals surface area contributed by atoms with Crippen LogP contribution in [0.1, 0.15) is 15.9 Å². The summed E-state index contributed by atoms with van der Waals surface area (Å²) >= 11 is 9.37. The number of carbonyl (C=O) groups is 1. The number of carbonyl (C=O) groups excluding carboxylic acids is 1. The molecule has 0 spiro atoms. The van der Waals surface area contributed by atoms with Crippen LogP contribution in [0.25, 0.3) is 0 Å². The van der Waals surface area contributed by atoms with E-state index in [2.05, 4.69) is 15.9 Å². The van der Waals surface area contributed by atoms with Gasteiger partial charge in [-0.25, -0.2) is 0 Å². The molecule has 0 aliphatic carbocycles. The average molecular weight is 493 g/mol. The number of nitro groups is 1. The molecule has 1 aliphatic heterocycles. The van der Waals surface area contributed by atoms with Gasteiger partial charge in [0.1, 0.15) is 0 Å². The summed E-state index contributed by atoms with van der Waals surface area (Å²) in [5, 5.41) is 11.1. The van der Waals surface area contributed by atoms with Gasteiger partial charge in [-0.1, -0.05) is 27.5 Å². The number of piperazine rings is 1. The molecule has 0 bridgehead atoms. The summed E-state index contributed by atoms with van der Waals surface area (Å²) in [6.45, 7) is 0.683. The SMILES string of the molecule is O=C(c1cc(Br)ccc1Cl)N1CCN(c2ccc([N+](=O)[O-])cc2C(F)(F)F)CC1. The molecule has 0 N–H and O–H groups in total. The molecule has 1 amide bonds. The Kier molecular flexibility index (Phi) is 6.04. The Balaban J connectivity index is 1.79. The van der Waals surface area contributed by atoms with Gasteiger partial charge in [-0.2, -0.15) is 13.2 Å². The first-order valence-electron chi connectivity index (χ1n) is 8.43. The lowest BCUT2D eigenvalue weighted by Crippen LogP contribution is -2.49. The van der Waals surface area contributed by atoms with E-state index in [1.807, 2.05) is 0 Å². The van der Waals surface area contributed by atoms with E-state index in [4.69, 9.17) is 11.6 Å². The summed E-state index contributed by atoms with van der Waals surface area (Å²) < 4.78 is 41.0. The summed E-state index contributed by atoms with van der Waals surface area (Å²) in [7, 11) is 0. The van der Waals surface area contributed by atoms with E-state index in [0.717, 1.165) is 12.1 Å². The topological polar surface area (TPSA) is 66.7 Å². The summed E-state index contributed by atoms with van der Waals surface area (Å²) in [4.78, 5) is 25.7. The van der Waals surface area contributed by atoms with E-state index in [1.165, 1.54) is 9.80 Å². The Morgan fingerprint density at radius 3 is 2.34 bits per heavy atom. The molecule has 2 aromatic rings. The van der Waals surface area contributed by atoms with Gasteiger partial charge in [-0.05, 0) is 24.3 Å². The summed E-state index contributed by atoms with van der Waals surface area (Å²) in [6.07, 6.45) is -4.74. The quantitative estimate of drug-likeness (QED) is 0.447. The van der Waals surface area contributed by atoms with Crippen LogP contribution in [0.2, 0.25) is 5.02 Å². The standard InChI is InChI=1S/C18H14BrClF3N3O3/c19-11-1-3-15(20)13(9-11)17(27)25-7-5-24(6-8-25)16-4-2-12(26(28)29)10-14(16)18(21,22)23/h1-4,9-10H,5-8H2. The molecule has 0 saturated carbocycles. The summed E-state index contributed by atoms with van der Waals surface area (Å²) in [5.74, 6) is -0.310. The van der Waals surface area contributed by atoms with Crippen molar-refractivity contribution in [2.75, 3.05) is 31.1 Å². The van der Waals surface area contributed by atoms with Crippen LogP contribution in [-0.4, -0.2) is 41.9 Å². The number of benzene rings is 2. The van der Waals surface area contributed by atoms with E-state index in [-0.39, 0.29) is 42.8 Å². The number of hydrogen-bond acceptors (Lipinski definition) is 4. The minimum absolute atomic E-state index is 0.143. The lowest BCUT2D eigenvalue weighted by molar-refractivity contribution is -0.385. The van der Waals surface area contributed by atoms with Crippen molar-refractivity contribution < 1.29 is 22.9 Å². The van der Waals surface area contributed by atoms with Crippen molar-refractivity contribution in [1.82, 2.24) is 4.90 Å². The van der Waals surface area contributed by atoms with Gasteiger partial charge >= 0.3 is 6.18 Å². The van der Waals surface area contributed by atoms with Crippen LogP contribution < -0.4 is 4.90 Å². The largest absolute Gasteiger partial charge is 0.418 e. The maximum absolute atomic E-state index is 13.4. The molecule has 1 heterocycles. The van der Waals surface area contributed by atoms with Crippen LogP contribution in [0.3, 0.4) is 0 Å². The van der Waals surface area contributed by atoms with Crippen molar-refractivity contribution in [2.24, 2.45) is 0 Å². The molecule has 0 aromatic heterocycles. The highest BCUT2D eigenvalue weighted by atomic mass is 79.9. The molecule has 29 heavy (non-hydrogen) atoms. The van der Waals surface area contributed by atoms with Crippen molar-refractivity contribution in [3.8, 4) is 0 Å². The lowest BCUT2D eigenvalue weighted by atomic mass is 10.1. The predicted octanol–water partition coefficient (Wildman–Crippen LogP) is 4.99. The Labute approximate surface area is 177 Å². The molecule has 154 valence electrons. The van der Waals surface area contributed by atoms with Gasteiger partial charge in [0.05, 0.1) is 21.1 Å². The fourth-order valence-electron chi connectivity index (χ4n) is 3.12. The zero-order chi connectivity index (χ0) is 21.3. The number of rotatable bonds is 3. The zero-order valence-corrected chi connectivity index (χ0v) is 17.1. The van der Waals surface area contributed by atoms with Crippen LogP contribution in [-0.2, 0) is 6.18 Å². The molecule has 6 nitrogen and oxygen atoms in total. The molecule has 1 fully saturated rings. The Hall–Kier alpha value is -2.33. The number of hydrogen-bond donors (Lipinski definition) is 0. The first kappa shape index (κ1) is 21.4. The van der Waals surface area contributed by atoms with Gasteiger partial charge in [-0.3, -0.25) is 14.9 Å². The molecule has 1 aliphatic rings. The van der Waals surface area contributed by atoms with Crippen LogP contribution in [0.5, 0.6) is 0 Å². The van der Waals surface area contributed by atoms with Gasteiger partial charge < -0.3 is 9.80 Å². The van der Waals surface area contributed by atoms with Gasteiger partial charge in [0.15, 0.2) is 0 Å². The minimum atomic E-state index is -4.74. The number of amides is 1. The number of nitro benzene ring substituents is 1. The number of non-ortho nitro benzene ring substituents is 1. The van der Waals surface area contributed by atoms with Gasteiger partial charge in [-0.15, -0.1) is 0 Å². The van der Waals surface area contributed by atoms with E-state index >= 15 is 0 Å². The predicted molar refractivity (Wildman–Crippen MR) is 105 cm³/mol. The number of alkyl halides is 3. The van der Waals surface area contributed by atoms with Crippen LogP contribution in [0, 0.1) is 10.1 Å². The Bertz CT molecular complexity index is 963. The van der Waals surface area contributed by atoms with Crippen molar-refractivity contribution in [3.63, 3.8) is 0 Å². The normalized spacial score (nSPS) is 14.8. The van der Waals surface area contributed by atoms with Gasteiger partial charge in [0.25, 0.3) is 11.6 Å². The zero-order valence-electron chi connectivity index (χ0n) is 14.7. The molecule has 0 unspecified atom stereocenters. The molecule has 2 aromatic carbocycles. The molecule has 1 saturated heterocycles. The van der Waals surface area contributed by atoms with E-state index in [9.17, 15) is 28.1 Å². The highest BCUT2D eigenvalue weighted by Gasteiger charge is 2.37. The first-order chi connectivity index (χ1) is 13.6. The summed E-state index contributed by atoms with van der Waals surface area (Å²) in [5.41, 5.74) is -1.53. The van der Waals surface area contributed by atoms with Crippen LogP contribution in [0.4, 0.5) is 24.5 Å². The maximum atomic E-state index is 13.4. The van der Waals surface area contributed by atoms with Crippen molar-refractivity contribution in [1.29, 1.82) is 0 Å². The van der Waals surface area contributed by atoms with Gasteiger partial charge in [0.2, 0.25) is 0 Å². The van der Waals surface area contributed by atoms with Crippen molar-refractivity contribution in [2.45, 2.75) is 6.18 Å². The highest BCUT2D eigenvalue weighted by molar-refractivity contribution is 9.10. The monoisotopic (exact) mass is 491 g/mol. The Morgan fingerprint density at radius 1 is 1.10 bits per heavy atom. The number of halogens is 5. The molecule has 11 heteroatoms. The molecular weight excluding hydrogens is 479 g/mol. The highest BCUT2D eigenvalue weighted by Crippen LogP contribution is 2.39. The third-order valence-corrected chi connectivity index (χ3v) is 5.39. The summed E-state index contributed by atoms with van der Waals surface area (Å²) in [6, 6.07) is 7.56. The third-order valence-electron chi connectivity index (χ3n) is 4.56. The van der Waals surface area contributed by atoms with Gasteiger partial charge in [0, 0.05) is 48.5 Å². The second-order valence-corrected chi connectivity index (χ2v) is 7.68. The first-order valence-corrected chi connectivity index (χ1v) is 9.60. The second kappa shape index (κ2) is 8.19. The second-order valence-electron chi connectivity index (χ2n) is 6.36. The smallest absolute Gasteiger partial charge is 0.367 e. The maximum Gasteiger partial charge on any atom is 0.418 e. The fraction of sp³-hybridized carbons (Fsp3) is 0.278. The molecule has 3 rings (SSSR count). The molecule has 0 radical (unpaired) electrons. The minimum Gasteiger partial charge on any atom is -0.367 e. The Morgan fingerprint density at radius 2 is 1.76 bits per heavy atom. The number of anilines is 1. The average Bonchev–Trinajstić information content (AvgIpc) is 2.68. The van der Waals surface area contributed by atoms with Crippen molar-refractivity contribution in [3.05, 3.63) is 67.1 Å². The molecule has 0 atom stereocenters. The number of nitrogens with zero attached hydrogens (tertiary/aromatic N) is 3. The van der Waals surface area contributed by atoms with E-state index in [0.29, 0.717) is 16.1 Å². The third kappa shape index (κ3) is 4.64. The van der Waals surface area contributed by atoms with E-state index < -0.39 is 22.4 Å². The lowest BCUT2D eigenvalue weighted by Gasteiger charge is -2.37. The van der Waals surface area contributed by atoms with Crippen LogP contribution >= 0.6 is 27.5 Å². The van der Waals surface area contributed by atoms with Crippen molar-refractivity contribution >= 4 is 44.8 Å². The van der Waals surface area contributed by atoms with Crippen LogP contribution in [0.15, 0.2) is 40.9 Å².